The highest BCUT2D eigenvalue weighted by Crippen LogP contribution is 2.84. The van der Waals surface area contributed by atoms with Crippen LogP contribution in [0, 0.1) is 11.3 Å². The number of hydrogen-bond acceptors (Lipinski definition) is 2. The Morgan fingerprint density at radius 2 is 1.32 bits per heavy atom. The Hall–Kier alpha value is -0.155. The summed E-state index contributed by atoms with van der Waals surface area (Å²) in [6.07, 6.45) is 4.93. The van der Waals surface area contributed by atoms with Gasteiger partial charge < -0.3 is 9.31 Å². The van der Waals surface area contributed by atoms with Crippen molar-refractivity contribution in [1.29, 1.82) is 0 Å². The first-order chi connectivity index (χ1) is 10.00. The predicted molar refractivity (Wildman–Crippen MR) is 82.0 cm³/mol. The van der Waals surface area contributed by atoms with Crippen LogP contribution in [0.25, 0.3) is 0 Å². The number of halogens is 2. The van der Waals surface area contributed by atoms with Gasteiger partial charge in [0.15, 0.2) is 0 Å². The van der Waals surface area contributed by atoms with E-state index in [0.29, 0.717) is 24.2 Å². The van der Waals surface area contributed by atoms with Crippen LogP contribution < -0.4 is 0 Å². The summed E-state index contributed by atoms with van der Waals surface area (Å²) in [6, 6.07) is 0. The molecule has 0 unspecified atom stereocenters. The molecule has 4 saturated carbocycles. The second-order valence-corrected chi connectivity index (χ2v) is 9.47. The molecule has 0 N–H and O–H groups in total. The predicted octanol–water partition coefficient (Wildman–Crippen LogP) is 4.83. The summed E-state index contributed by atoms with van der Waals surface area (Å²) in [7, 11) is -0.107. The smallest absolute Gasteiger partial charge is 0.403 e. The minimum absolute atomic E-state index is 0.0862. The van der Waals surface area contributed by atoms with E-state index in [4.69, 9.17) is 9.31 Å². The van der Waals surface area contributed by atoms with Crippen molar-refractivity contribution in [2.24, 2.45) is 11.3 Å². The van der Waals surface area contributed by atoms with E-state index in [9.17, 15) is 8.78 Å². The molecule has 5 fully saturated rings. The molecule has 1 saturated heterocycles. The summed E-state index contributed by atoms with van der Waals surface area (Å²) in [5.41, 5.74) is -0.208. The van der Waals surface area contributed by atoms with E-state index in [1.165, 1.54) is 0 Å². The molecule has 2 nitrogen and oxygen atoms in total. The van der Waals surface area contributed by atoms with Gasteiger partial charge in [-0.3, -0.25) is 0 Å². The SMILES string of the molecule is CC1(C)OB(C23CC(C4CCC(F)(F)CC4)(C2)C3)OC1(C)C. The van der Waals surface area contributed by atoms with Crippen molar-refractivity contribution in [3.05, 3.63) is 0 Å². The van der Waals surface area contributed by atoms with Crippen LogP contribution in [0.3, 0.4) is 0 Å². The maximum absolute atomic E-state index is 13.4. The van der Waals surface area contributed by atoms with Crippen LogP contribution >= 0.6 is 0 Å². The quantitative estimate of drug-likeness (QED) is 0.680. The van der Waals surface area contributed by atoms with Crippen LogP contribution in [0.5, 0.6) is 0 Å². The molecule has 0 spiro atoms. The van der Waals surface area contributed by atoms with Crippen molar-refractivity contribution in [2.75, 3.05) is 0 Å². The molecule has 0 aromatic carbocycles. The van der Waals surface area contributed by atoms with E-state index < -0.39 is 5.92 Å². The molecule has 0 aromatic rings. The zero-order valence-electron chi connectivity index (χ0n) is 14.2. The van der Waals surface area contributed by atoms with Crippen molar-refractivity contribution in [1.82, 2.24) is 0 Å². The van der Waals surface area contributed by atoms with E-state index in [1.54, 1.807) is 0 Å². The highest BCUT2D eigenvalue weighted by atomic mass is 19.3. The molecule has 0 amide bonds. The molecule has 1 aliphatic heterocycles. The summed E-state index contributed by atoms with van der Waals surface area (Å²) in [6.45, 7) is 8.38. The number of rotatable bonds is 2. The lowest BCUT2D eigenvalue weighted by molar-refractivity contribution is -0.177. The molecular weight excluding hydrogens is 285 g/mol. The van der Waals surface area contributed by atoms with Crippen molar-refractivity contribution < 1.29 is 18.1 Å². The lowest BCUT2D eigenvalue weighted by atomic mass is 9.21. The van der Waals surface area contributed by atoms with Crippen molar-refractivity contribution in [2.45, 2.75) is 95.1 Å². The van der Waals surface area contributed by atoms with Crippen LogP contribution in [0.15, 0.2) is 0 Å². The van der Waals surface area contributed by atoms with E-state index in [1.807, 2.05) is 0 Å². The van der Waals surface area contributed by atoms with Gasteiger partial charge in [0.1, 0.15) is 0 Å². The normalized spacial score (nSPS) is 45.3. The largest absolute Gasteiger partial charge is 0.464 e. The molecule has 0 atom stereocenters. The Balaban J connectivity index is 1.39. The molecule has 0 radical (unpaired) electrons. The van der Waals surface area contributed by atoms with Crippen molar-refractivity contribution >= 4 is 7.12 Å². The summed E-state index contributed by atoms with van der Waals surface area (Å²) < 4.78 is 39.2. The van der Waals surface area contributed by atoms with E-state index in [0.717, 1.165) is 19.3 Å². The summed E-state index contributed by atoms with van der Waals surface area (Å²) in [4.78, 5) is 0. The van der Waals surface area contributed by atoms with Crippen LogP contribution in [0.2, 0.25) is 5.31 Å². The zero-order valence-corrected chi connectivity index (χ0v) is 14.2. The van der Waals surface area contributed by atoms with Gasteiger partial charge in [0.25, 0.3) is 0 Å². The first kappa shape index (κ1) is 15.4. The number of hydrogen-bond donors (Lipinski definition) is 0. The lowest BCUT2D eigenvalue weighted by Gasteiger charge is -2.74. The summed E-state index contributed by atoms with van der Waals surface area (Å²) in [5.74, 6) is -1.92. The Morgan fingerprint density at radius 3 is 1.77 bits per heavy atom. The average Bonchev–Trinajstić information content (AvgIpc) is 2.46. The van der Waals surface area contributed by atoms with E-state index >= 15 is 0 Å². The fourth-order valence-electron chi connectivity index (χ4n) is 5.38. The maximum atomic E-state index is 13.4. The molecule has 5 rings (SSSR count). The minimum atomic E-state index is -2.41. The van der Waals surface area contributed by atoms with Crippen LogP contribution in [0.4, 0.5) is 8.78 Å². The fourth-order valence-corrected chi connectivity index (χ4v) is 5.38. The highest BCUT2D eigenvalue weighted by Gasteiger charge is 2.77. The Kier molecular flexibility index (Phi) is 2.85. The van der Waals surface area contributed by atoms with Gasteiger partial charge in [-0.2, -0.15) is 0 Å². The second-order valence-electron chi connectivity index (χ2n) is 9.47. The molecule has 4 aliphatic carbocycles. The Labute approximate surface area is 132 Å². The third-order valence-corrected chi connectivity index (χ3v) is 7.45. The van der Waals surface area contributed by atoms with Gasteiger partial charge in [0, 0.05) is 18.2 Å². The molecular formula is C17H27BF2O2. The molecule has 1 heterocycles. The van der Waals surface area contributed by atoms with Crippen LogP contribution in [-0.4, -0.2) is 24.2 Å². The fraction of sp³-hybridized carbons (Fsp3) is 1.00. The molecule has 0 aromatic heterocycles. The van der Waals surface area contributed by atoms with E-state index in [2.05, 4.69) is 27.7 Å². The third kappa shape index (κ3) is 1.90. The molecule has 2 bridgehead atoms. The van der Waals surface area contributed by atoms with Gasteiger partial charge in [-0.1, -0.05) is 0 Å². The second kappa shape index (κ2) is 4.08. The van der Waals surface area contributed by atoms with E-state index in [-0.39, 0.29) is 36.5 Å². The first-order valence-corrected chi connectivity index (χ1v) is 8.73. The molecule has 22 heavy (non-hydrogen) atoms. The Morgan fingerprint density at radius 1 is 0.864 bits per heavy atom. The summed E-state index contributed by atoms with van der Waals surface area (Å²) >= 11 is 0. The molecule has 5 aliphatic rings. The van der Waals surface area contributed by atoms with Crippen molar-refractivity contribution in [3.8, 4) is 0 Å². The third-order valence-electron chi connectivity index (χ3n) is 7.45. The lowest BCUT2D eigenvalue weighted by Crippen LogP contribution is -2.67. The van der Waals surface area contributed by atoms with Gasteiger partial charge in [-0.25, -0.2) is 8.78 Å². The van der Waals surface area contributed by atoms with Gasteiger partial charge in [0.2, 0.25) is 5.92 Å². The zero-order chi connectivity index (χ0) is 16.0. The maximum Gasteiger partial charge on any atom is 0.464 e. The topological polar surface area (TPSA) is 18.5 Å². The van der Waals surface area contributed by atoms with Gasteiger partial charge in [0.05, 0.1) is 11.2 Å². The highest BCUT2D eigenvalue weighted by molar-refractivity contribution is 6.51. The standard InChI is InChI=1S/C17H27BF2O2/c1-13(2)14(3,4)22-18(21-13)16-9-15(10-16,11-16)12-5-7-17(19,20)8-6-12/h12H,5-11H2,1-4H3. The van der Waals surface area contributed by atoms with Crippen LogP contribution in [0.1, 0.15) is 72.6 Å². The monoisotopic (exact) mass is 312 g/mol. The molecule has 124 valence electrons. The average molecular weight is 312 g/mol. The summed E-state index contributed by atoms with van der Waals surface area (Å²) in [5, 5.41) is 0.172. The van der Waals surface area contributed by atoms with Gasteiger partial charge >= 0.3 is 7.12 Å². The molecule has 5 heteroatoms. The first-order valence-electron chi connectivity index (χ1n) is 8.73. The Bertz CT molecular complexity index is 457. The van der Waals surface area contributed by atoms with Gasteiger partial charge in [-0.15, -0.1) is 0 Å². The number of alkyl halides is 2. The van der Waals surface area contributed by atoms with Gasteiger partial charge in [-0.05, 0) is 71.1 Å². The van der Waals surface area contributed by atoms with Crippen molar-refractivity contribution in [3.63, 3.8) is 0 Å². The van der Waals surface area contributed by atoms with Crippen LogP contribution in [-0.2, 0) is 9.31 Å². The minimum Gasteiger partial charge on any atom is -0.403 e.